The number of hydrogen-bond donors (Lipinski definition) is 1. The number of halogens is 2. The lowest BCUT2D eigenvalue weighted by Gasteiger charge is -2.20. The third-order valence-corrected chi connectivity index (χ3v) is 2.04. The van der Waals surface area contributed by atoms with Gasteiger partial charge in [0.1, 0.15) is 18.9 Å². The SMILES string of the molecule is Nc1c(F)cc(Cl)c2c1OCCO2. The van der Waals surface area contributed by atoms with E-state index in [1.54, 1.807) is 0 Å². The highest BCUT2D eigenvalue weighted by Crippen LogP contribution is 2.42. The number of nitrogen functional groups attached to an aromatic ring is 1. The van der Waals surface area contributed by atoms with E-state index in [4.69, 9.17) is 26.8 Å². The molecule has 0 atom stereocenters. The van der Waals surface area contributed by atoms with Crippen LogP contribution in [0, 0.1) is 5.82 Å². The van der Waals surface area contributed by atoms with Crippen LogP contribution in [-0.2, 0) is 0 Å². The molecule has 0 amide bonds. The van der Waals surface area contributed by atoms with Crippen molar-refractivity contribution in [2.75, 3.05) is 18.9 Å². The van der Waals surface area contributed by atoms with Gasteiger partial charge in [-0.1, -0.05) is 11.6 Å². The molecule has 5 heteroatoms. The molecule has 0 radical (unpaired) electrons. The third kappa shape index (κ3) is 1.27. The maximum atomic E-state index is 13.0. The monoisotopic (exact) mass is 203 g/mol. The Bertz CT molecular complexity index is 356. The van der Waals surface area contributed by atoms with Crippen LogP contribution in [0.1, 0.15) is 0 Å². The number of hydrogen-bond acceptors (Lipinski definition) is 3. The van der Waals surface area contributed by atoms with E-state index in [0.29, 0.717) is 19.0 Å². The van der Waals surface area contributed by atoms with Crippen molar-refractivity contribution in [2.45, 2.75) is 0 Å². The van der Waals surface area contributed by atoms with Crippen LogP contribution >= 0.6 is 11.6 Å². The first-order chi connectivity index (χ1) is 6.20. The van der Waals surface area contributed by atoms with Gasteiger partial charge in [0.05, 0.1) is 5.02 Å². The van der Waals surface area contributed by atoms with Crippen molar-refractivity contribution in [3.8, 4) is 11.5 Å². The molecule has 0 unspecified atom stereocenters. The fourth-order valence-electron chi connectivity index (χ4n) is 1.16. The highest BCUT2D eigenvalue weighted by molar-refractivity contribution is 6.32. The van der Waals surface area contributed by atoms with Crippen molar-refractivity contribution in [3.63, 3.8) is 0 Å². The molecule has 1 aromatic rings. The normalized spacial score (nSPS) is 14.3. The molecule has 0 bridgehead atoms. The van der Waals surface area contributed by atoms with Crippen LogP contribution in [0.25, 0.3) is 0 Å². The van der Waals surface area contributed by atoms with Crippen molar-refractivity contribution >= 4 is 17.3 Å². The molecule has 0 spiro atoms. The molecule has 2 rings (SSSR count). The van der Waals surface area contributed by atoms with E-state index in [1.165, 1.54) is 0 Å². The highest BCUT2D eigenvalue weighted by atomic mass is 35.5. The first-order valence-corrected chi connectivity index (χ1v) is 4.11. The van der Waals surface area contributed by atoms with Crippen LogP contribution in [0.5, 0.6) is 11.5 Å². The van der Waals surface area contributed by atoms with Gasteiger partial charge in [-0.15, -0.1) is 0 Å². The van der Waals surface area contributed by atoms with Gasteiger partial charge in [0.25, 0.3) is 0 Å². The second kappa shape index (κ2) is 2.96. The minimum absolute atomic E-state index is 0.0564. The number of anilines is 1. The summed E-state index contributed by atoms with van der Waals surface area (Å²) in [4.78, 5) is 0. The van der Waals surface area contributed by atoms with E-state index in [1.807, 2.05) is 0 Å². The Morgan fingerprint density at radius 2 is 1.92 bits per heavy atom. The predicted molar refractivity (Wildman–Crippen MR) is 46.8 cm³/mol. The van der Waals surface area contributed by atoms with Gasteiger partial charge in [-0.2, -0.15) is 0 Å². The van der Waals surface area contributed by atoms with Crippen LogP contribution < -0.4 is 15.2 Å². The van der Waals surface area contributed by atoms with E-state index < -0.39 is 5.82 Å². The van der Waals surface area contributed by atoms with Crippen molar-refractivity contribution < 1.29 is 13.9 Å². The van der Waals surface area contributed by atoms with Gasteiger partial charge in [-0.25, -0.2) is 4.39 Å². The van der Waals surface area contributed by atoms with Gasteiger partial charge in [0.2, 0.25) is 0 Å². The van der Waals surface area contributed by atoms with Crippen LogP contribution in [0.2, 0.25) is 5.02 Å². The summed E-state index contributed by atoms with van der Waals surface area (Å²) in [6.07, 6.45) is 0. The van der Waals surface area contributed by atoms with Crippen molar-refractivity contribution in [1.82, 2.24) is 0 Å². The third-order valence-electron chi connectivity index (χ3n) is 1.75. The van der Waals surface area contributed by atoms with E-state index in [-0.39, 0.29) is 16.5 Å². The summed E-state index contributed by atoms with van der Waals surface area (Å²) in [5, 5.41) is 0.182. The molecule has 0 aromatic heterocycles. The number of ether oxygens (including phenoxy) is 2. The second-order valence-electron chi connectivity index (χ2n) is 2.61. The molecule has 3 nitrogen and oxygen atoms in total. The van der Waals surface area contributed by atoms with E-state index >= 15 is 0 Å². The largest absolute Gasteiger partial charge is 0.484 e. The smallest absolute Gasteiger partial charge is 0.188 e. The summed E-state index contributed by atoms with van der Waals surface area (Å²) in [5.74, 6) is -0.0580. The fourth-order valence-corrected chi connectivity index (χ4v) is 1.40. The fraction of sp³-hybridized carbons (Fsp3) is 0.250. The quantitative estimate of drug-likeness (QED) is 0.655. The van der Waals surface area contributed by atoms with Crippen molar-refractivity contribution in [3.05, 3.63) is 16.9 Å². The Hall–Kier alpha value is -1.16. The Labute approximate surface area is 79.2 Å². The molecule has 13 heavy (non-hydrogen) atoms. The van der Waals surface area contributed by atoms with Crippen LogP contribution in [0.4, 0.5) is 10.1 Å². The van der Waals surface area contributed by atoms with Gasteiger partial charge in [-0.3, -0.25) is 0 Å². The summed E-state index contributed by atoms with van der Waals surface area (Å²) in [6.45, 7) is 0.759. The first-order valence-electron chi connectivity index (χ1n) is 3.73. The Balaban J connectivity index is 2.63. The molecule has 70 valence electrons. The zero-order chi connectivity index (χ0) is 9.42. The molecule has 0 aliphatic carbocycles. The topological polar surface area (TPSA) is 44.5 Å². The van der Waals surface area contributed by atoms with E-state index in [9.17, 15) is 4.39 Å². The highest BCUT2D eigenvalue weighted by Gasteiger charge is 2.21. The lowest BCUT2D eigenvalue weighted by Crippen LogP contribution is -2.17. The molecule has 0 saturated heterocycles. The zero-order valence-corrected chi connectivity index (χ0v) is 7.40. The standard InChI is InChI=1S/C8H7ClFNO2/c9-4-3-5(10)6(11)8-7(4)12-1-2-13-8/h3H,1-2,11H2. The van der Waals surface area contributed by atoms with Gasteiger partial charge < -0.3 is 15.2 Å². The molecule has 1 heterocycles. The summed E-state index contributed by atoms with van der Waals surface area (Å²) in [7, 11) is 0. The van der Waals surface area contributed by atoms with Crippen molar-refractivity contribution in [2.24, 2.45) is 0 Å². The molecule has 1 aliphatic rings. The average Bonchev–Trinajstić information content (AvgIpc) is 2.15. The molecular formula is C8H7ClFNO2. The zero-order valence-electron chi connectivity index (χ0n) is 6.64. The van der Waals surface area contributed by atoms with Crippen LogP contribution in [0.3, 0.4) is 0 Å². The van der Waals surface area contributed by atoms with E-state index in [0.717, 1.165) is 6.07 Å². The maximum Gasteiger partial charge on any atom is 0.188 e. The molecule has 0 saturated carbocycles. The van der Waals surface area contributed by atoms with Gasteiger partial charge in [0.15, 0.2) is 17.3 Å². The lowest BCUT2D eigenvalue weighted by molar-refractivity contribution is 0.172. The Kier molecular flexibility index (Phi) is 1.92. The Morgan fingerprint density at radius 3 is 2.62 bits per heavy atom. The van der Waals surface area contributed by atoms with Gasteiger partial charge in [-0.05, 0) is 6.07 Å². The summed E-state index contributed by atoms with van der Waals surface area (Å²) < 4.78 is 23.4. The molecule has 1 aromatic carbocycles. The summed E-state index contributed by atoms with van der Waals surface area (Å²) >= 11 is 5.72. The summed E-state index contributed by atoms with van der Waals surface area (Å²) in [5.41, 5.74) is 5.38. The number of fused-ring (bicyclic) bond motifs is 1. The molecule has 2 N–H and O–H groups in total. The van der Waals surface area contributed by atoms with Crippen LogP contribution in [0.15, 0.2) is 6.07 Å². The molecule has 1 aliphatic heterocycles. The first kappa shape index (κ1) is 8.44. The van der Waals surface area contributed by atoms with E-state index in [2.05, 4.69) is 0 Å². The number of benzene rings is 1. The van der Waals surface area contributed by atoms with Gasteiger partial charge in [0, 0.05) is 0 Å². The average molecular weight is 204 g/mol. The summed E-state index contributed by atoms with van der Waals surface area (Å²) in [6, 6.07) is 1.12. The number of nitrogens with two attached hydrogens (primary N) is 1. The maximum absolute atomic E-state index is 13.0. The van der Waals surface area contributed by atoms with Crippen LogP contribution in [-0.4, -0.2) is 13.2 Å². The Morgan fingerprint density at radius 1 is 1.31 bits per heavy atom. The molecule has 0 fully saturated rings. The predicted octanol–water partition coefficient (Wildman–Crippen LogP) is 1.83. The lowest BCUT2D eigenvalue weighted by atomic mass is 10.2. The van der Waals surface area contributed by atoms with Crippen molar-refractivity contribution in [1.29, 1.82) is 0 Å². The minimum atomic E-state index is -0.589. The second-order valence-corrected chi connectivity index (χ2v) is 3.02. The molecular weight excluding hydrogens is 197 g/mol. The van der Waals surface area contributed by atoms with Gasteiger partial charge >= 0.3 is 0 Å². The minimum Gasteiger partial charge on any atom is -0.484 e. The number of rotatable bonds is 0.